The summed E-state index contributed by atoms with van der Waals surface area (Å²) >= 11 is 0. The first-order valence-corrected chi connectivity index (χ1v) is 8.27. The van der Waals surface area contributed by atoms with Gasteiger partial charge < -0.3 is 31.9 Å². The molecule has 4 atom stereocenters. The molecule has 0 radical (unpaired) electrons. The first-order valence-electron chi connectivity index (χ1n) is 8.27. The Hall–Kier alpha value is -1.71. The van der Waals surface area contributed by atoms with Gasteiger partial charge in [-0.1, -0.05) is 6.42 Å². The van der Waals surface area contributed by atoms with Crippen molar-refractivity contribution in [1.82, 2.24) is 10.2 Å². The molecule has 1 aliphatic rings. The third-order valence-electron chi connectivity index (χ3n) is 4.17. The molecule has 0 bridgehead atoms. The van der Waals surface area contributed by atoms with Crippen molar-refractivity contribution >= 4 is 17.8 Å². The number of unbranched alkanes of at least 4 members (excludes halogenated alkanes) is 1. The van der Waals surface area contributed by atoms with Crippen LogP contribution < -0.4 is 16.8 Å². The van der Waals surface area contributed by atoms with Crippen LogP contribution in [0.25, 0.3) is 0 Å². The molecule has 7 N–H and O–H groups in total. The van der Waals surface area contributed by atoms with E-state index >= 15 is 0 Å². The number of hydrogen-bond acceptors (Lipinski definition) is 6. The summed E-state index contributed by atoms with van der Waals surface area (Å²) in [5, 5.41) is 20.8. The minimum Gasteiger partial charge on any atom is -0.480 e. The number of carbonyl (C=O) groups is 3. The van der Waals surface area contributed by atoms with Crippen LogP contribution in [-0.2, 0) is 14.4 Å². The number of carboxylic acid groups (broad SMARTS) is 1. The largest absolute Gasteiger partial charge is 0.480 e. The van der Waals surface area contributed by atoms with E-state index in [1.54, 1.807) is 0 Å². The predicted molar refractivity (Wildman–Crippen MR) is 86.9 cm³/mol. The average Bonchev–Trinajstić information content (AvgIpc) is 3.00. The third-order valence-corrected chi connectivity index (χ3v) is 4.17. The summed E-state index contributed by atoms with van der Waals surface area (Å²) in [6.45, 7) is 2.23. The summed E-state index contributed by atoms with van der Waals surface area (Å²) in [6.07, 6.45) is 1.85. The standard InChI is InChI=1S/C15H28N4O5/c1-9(20)12(15(23)24)18-13(21)11-6-4-8-19(11)14(22)10(17)5-2-3-7-16/h9-12,20H,2-8,16-17H2,1H3,(H,18,21)(H,23,24)/t9-,10-,11+,12-/m1/s1. The molecule has 0 aliphatic carbocycles. The lowest BCUT2D eigenvalue weighted by Crippen LogP contribution is -2.56. The Kier molecular flexibility index (Phi) is 8.09. The highest BCUT2D eigenvalue weighted by Crippen LogP contribution is 2.19. The molecule has 0 aromatic carbocycles. The van der Waals surface area contributed by atoms with E-state index in [0.29, 0.717) is 32.4 Å². The van der Waals surface area contributed by atoms with Gasteiger partial charge in [0, 0.05) is 6.54 Å². The highest BCUT2D eigenvalue weighted by atomic mass is 16.4. The van der Waals surface area contributed by atoms with Crippen LogP contribution in [0, 0.1) is 0 Å². The van der Waals surface area contributed by atoms with Crippen LogP contribution in [0.5, 0.6) is 0 Å². The van der Waals surface area contributed by atoms with Crippen molar-refractivity contribution in [2.45, 2.75) is 63.3 Å². The zero-order valence-electron chi connectivity index (χ0n) is 14.0. The highest BCUT2D eigenvalue weighted by molar-refractivity contribution is 5.92. The van der Waals surface area contributed by atoms with Gasteiger partial charge in [-0.3, -0.25) is 9.59 Å². The maximum atomic E-state index is 12.4. The van der Waals surface area contributed by atoms with Crippen molar-refractivity contribution in [3.05, 3.63) is 0 Å². The number of aliphatic hydroxyl groups is 1. The van der Waals surface area contributed by atoms with E-state index in [2.05, 4.69) is 5.32 Å². The van der Waals surface area contributed by atoms with Gasteiger partial charge in [0.25, 0.3) is 0 Å². The Balaban J connectivity index is 2.68. The molecule has 1 fully saturated rings. The van der Waals surface area contributed by atoms with Crippen molar-refractivity contribution in [3.63, 3.8) is 0 Å². The number of nitrogens with two attached hydrogens (primary N) is 2. The van der Waals surface area contributed by atoms with Crippen molar-refractivity contribution in [3.8, 4) is 0 Å². The lowest BCUT2D eigenvalue weighted by atomic mass is 10.1. The second-order valence-electron chi connectivity index (χ2n) is 6.15. The molecule has 24 heavy (non-hydrogen) atoms. The van der Waals surface area contributed by atoms with Gasteiger partial charge in [-0.05, 0) is 39.2 Å². The molecule has 9 nitrogen and oxygen atoms in total. The van der Waals surface area contributed by atoms with Crippen molar-refractivity contribution < 1.29 is 24.6 Å². The molecule has 138 valence electrons. The lowest BCUT2D eigenvalue weighted by molar-refractivity contribution is -0.146. The lowest BCUT2D eigenvalue weighted by Gasteiger charge is -2.28. The molecule has 1 heterocycles. The molecular formula is C15H28N4O5. The molecular weight excluding hydrogens is 316 g/mol. The molecule has 0 aromatic rings. The Morgan fingerprint density at radius 3 is 2.54 bits per heavy atom. The second kappa shape index (κ2) is 9.55. The molecule has 0 aromatic heterocycles. The number of carbonyl (C=O) groups excluding carboxylic acids is 2. The fourth-order valence-corrected chi connectivity index (χ4v) is 2.79. The van der Waals surface area contributed by atoms with Gasteiger partial charge in [0.1, 0.15) is 6.04 Å². The summed E-state index contributed by atoms with van der Waals surface area (Å²) < 4.78 is 0. The van der Waals surface area contributed by atoms with Crippen LogP contribution in [0.1, 0.15) is 39.0 Å². The van der Waals surface area contributed by atoms with Crippen molar-refractivity contribution in [2.24, 2.45) is 11.5 Å². The van der Waals surface area contributed by atoms with E-state index in [0.717, 1.165) is 12.8 Å². The van der Waals surface area contributed by atoms with E-state index in [1.165, 1.54) is 11.8 Å². The van der Waals surface area contributed by atoms with E-state index in [9.17, 15) is 19.5 Å². The number of aliphatic hydroxyl groups excluding tert-OH is 1. The van der Waals surface area contributed by atoms with Gasteiger partial charge in [0.15, 0.2) is 6.04 Å². The SMILES string of the molecule is C[C@@H](O)[C@@H](NC(=O)[C@@H]1CCCN1C(=O)[C@H](N)CCCCN)C(=O)O. The van der Waals surface area contributed by atoms with Crippen molar-refractivity contribution in [2.75, 3.05) is 13.1 Å². The molecule has 1 saturated heterocycles. The van der Waals surface area contributed by atoms with E-state index in [4.69, 9.17) is 16.6 Å². The van der Waals surface area contributed by atoms with E-state index < -0.39 is 36.1 Å². The summed E-state index contributed by atoms with van der Waals surface area (Å²) in [4.78, 5) is 37.2. The van der Waals surface area contributed by atoms with Crippen molar-refractivity contribution in [1.29, 1.82) is 0 Å². The van der Waals surface area contributed by atoms with Crippen LogP contribution in [-0.4, -0.2) is 70.2 Å². The van der Waals surface area contributed by atoms with Crippen LogP contribution >= 0.6 is 0 Å². The monoisotopic (exact) mass is 344 g/mol. The Bertz CT molecular complexity index is 457. The number of amides is 2. The molecule has 0 saturated carbocycles. The fourth-order valence-electron chi connectivity index (χ4n) is 2.79. The number of hydrogen-bond donors (Lipinski definition) is 5. The van der Waals surface area contributed by atoms with Crippen LogP contribution in [0.4, 0.5) is 0 Å². The second-order valence-corrected chi connectivity index (χ2v) is 6.15. The molecule has 1 rings (SSSR count). The van der Waals surface area contributed by atoms with Gasteiger partial charge in [0.05, 0.1) is 12.1 Å². The Morgan fingerprint density at radius 2 is 2.00 bits per heavy atom. The number of nitrogens with zero attached hydrogens (tertiary/aromatic N) is 1. The maximum Gasteiger partial charge on any atom is 0.328 e. The first-order chi connectivity index (χ1) is 11.3. The number of likely N-dealkylation sites (tertiary alicyclic amines) is 1. The molecule has 9 heteroatoms. The maximum absolute atomic E-state index is 12.4. The molecule has 0 spiro atoms. The number of nitrogens with one attached hydrogen (secondary N) is 1. The number of aliphatic carboxylic acids is 1. The molecule has 1 aliphatic heterocycles. The number of carboxylic acids is 1. The summed E-state index contributed by atoms with van der Waals surface area (Å²) in [7, 11) is 0. The third kappa shape index (κ3) is 5.43. The summed E-state index contributed by atoms with van der Waals surface area (Å²) in [5.74, 6) is -2.22. The quantitative estimate of drug-likeness (QED) is 0.314. The van der Waals surface area contributed by atoms with Gasteiger partial charge in [-0.25, -0.2) is 4.79 Å². The van der Waals surface area contributed by atoms with Gasteiger partial charge >= 0.3 is 5.97 Å². The number of rotatable bonds is 9. The highest BCUT2D eigenvalue weighted by Gasteiger charge is 2.38. The van der Waals surface area contributed by atoms with Gasteiger partial charge in [-0.2, -0.15) is 0 Å². The van der Waals surface area contributed by atoms with Gasteiger partial charge in [0.2, 0.25) is 11.8 Å². The molecule has 0 unspecified atom stereocenters. The normalized spacial score (nSPS) is 21.2. The smallest absolute Gasteiger partial charge is 0.328 e. The van der Waals surface area contributed by atoms with Crippen LogP contribution in [0.3, 0.4) is 0 Å². The minimum atomic E-state index is -1.41. The fraction of sp³-hybridized carbons (Fsp3) is 0.800. The Morgan fingerprint density at radius 1 is 1.33 bits per heavy atom. The van der Waals surface area contributed by atoms with Crippen LogP contribution in [0.15, 0.2) is 0 Å². The topological polar surface area (TPSA) is 159 Å². The zero-order chi connectivity index (χ0) is 18.3. The first kappa shape index (κ1) is 20.3. The summed E-state index contributed by atoms with van der Waals surface area (Å²) in [6, 6.07) is -2.86. The predicted octanol–water partition coefficient (Wildman–Crippen LogP) is -1.62. The average molecular weight is 344 g/mol. The van der Waals surface area contributed by atoms with Crippen LogP contribution in [0.2, 0.25) is 0 Å². The summed E-state index contributed by atoms with van der Waals surface area (Å²) in [5.41, 5.74) is 11.3. The zero-order valence-corrected chi connectivity index (χ0v) is 14.0. The Labute approximate surface area is 141 Å². The van der Waals surface area contributed by atoms with Gasteiger partial charge in [-0.15, -0.1) is 0 Å². The van der Waals surface area contributed by atoms with E-state index in [1.807, 2.05) is 0 Å². The van der Waals surface area contributed by atoms with E-state index in [-0.39, 0.29) is 5.91 Å². The minimum absolute atomic E-state index is 0.311. The molecule has 2 amide bonds.